The second-order valence-electron chi connectivity index (χ2n) is 10.7. The lowest BCUT2D eigenvalue weighted by Gasteiger charge is -2.54. The molecule has 3 atom stereocenters. The van der Waals surface area contributed by atoms with Crippen LogP contribution < -0.4 is 5.32 Å². The molecule has 41 heavy (non-hydrogen) atoms. The predicted octanol–water partition coefficient (Wildman–Crippen LogP) is 5.56. The Morgan fingerprint density at radius 3 is 1.76 bits per heavy atom. The van der Waals surface area contributed by atoms with Gasteiger partial charge in [0.1, 0.15) is 15.8 Å². The molecule has 2 bridgehead atoms. The Morgan fingerprint density at radius 1 is 0.854 bits per heavy atom. The number of rotatable bonds is 7. The number of amides is 3. The molecular formula is C32H28Cl2N2O5. The van der Waals surface area contributed by atoms with E-state index < -0.39 is 51.3 Å². The molecule has 0 unspecified atom stereocenters. The van der Waals surface area contributed by atoms with Crippen LogP contribution >= 0.6 is 23.2 Å². The van der Waals surface area contributed by atoms with E-state index in [2.05, 4.69) is 5.32 Å². The Kier molecular flexibility index (Phi) is 6.70. The lowest BCUT2D eigenvalue weighted by molar-refractivity contribution is -0.146. The van der Waals surface area contributed by atoms with E-state index in [0.717, 1.165) is 17.7 Å². The van der Waals surface area contributed by atoms with E-state index in [1.165, 1.54) is 6.92 Å². The summed E-state index contributed by atoms with van der Waals surface area (Å²) in [6.07, 6.45) is 1.69. The van der Waals surface area contributed by atoms with Gasteiger partial charge in [-0.1, -0.05) is 61.9 Å². The highest BCUT2D eigenvalue weighted by molar-refractivity contribution is 6.36. The van der Waals surface area contributed by atoms with Crippen molar-refractivity contribution >= 4 is 52.6 Å². The van der Waals surface area contributed by atoms with Gasteiger partial charge in [-0.25, -0.2) is 4.79 Å². The average molecular weight is 591 g/mol. The first kappa shape index (κ1) is 27.5. The van der Waals surface area contributed by atoms with E-state index >= 15 is 0 Å². The van der Waals surface area contributed by atoms with Gasteiger partial charge >= 0.3 is 5.97 Å². The molecular weight excluding hydrogens is 563 g/mol. The summed E-state index contributed by atoms with van der Waals surface area (Å²) >= 11 is 14.9. The second kappa shape index (κ2) is 10.00. The summed E-state index contributed by atoms with van der Waals surface area (Å²) in [4.78, 5) is 52.1. The first-order chi connectivity index (χ1) is 19.6. The molecule has 3 amide bonds. The Balaban J connectivity index is 1.28. The second-order valence-corrected chi connectivity index (χ2v) is 11.9. The van der Waals surface area contributed by atoms with Crippen molar-refractivity contribution in [3.05, 3.63) is 101 Å². The number of nitrogens with zero attached hydrogens (tertiary/aromatic N) is 1. The normalized spacial score (nSPS) is 26.2. The van der Waals surface area contributed by atoms with Crippen molar-refractivity contribution in [3.63, 3.8) is 0 Å². The number of likely N-dealkylation sites (tertiary alicyclic amines) is 1. The molecule has 210 valence electrons. The highest BCUT2D eigenvalue weighted by atomic mass is 35.5. The third kappa shape index (κ3) is 3.86. The van der Waals surface area contributed by atoms with Gasteiger partial charge in [0, 0.05) is 5.69 Å². The van der Waals surface area contributed by atoms with Crippen LogP contribution in [0, 0.1) is 11.8 Å². The van der Waals surface area contributed by atoms with Crippen LogP contribution in [-0.2, 0) is 28.9 Å². The molecule has 9 heteroatoms. The molecule has 1 N–H and O–H groups in total. The van der Waals surface area contributed by atoms with Crippen molar-refractivity contribution < 1.29 is 23.9 Å². The molecule has 1 fully saturated rings. The lowest BCUT2D eigenvalue weighted by Crippen LogP contribution is -2.57. The van der Waals surface area contributed by atoms with Gasteiger partial charge in [0.25, 0.3) is 0 Å². The Labute approximate surface area is 247 Å². The number of anilines is 1. The average Bonchev–Trinajstić information content (AvgIpc) is 3.26. The number of esters is 1. The fourth-order valence-corrected chi connectivity index (χ4v) is 7.61. The van der Waals surface area contributed by atoms with Crippen LogP contribution in [0.5, 0.6) is 0 Å². The summed E-state index contributed by atoms with van der Waals surface area (Å²) in [6.45, 7) is 3.85. The number of unbranched alkanes of at least 4 members (excludes halogenated alkanes) is 1. The highest BCUT2D eigenvalue weighted by Crippen LogP contribution is 2.69. The van der Waals surface area contributed by atoms with Crippen molar-refractivity contribution in [2.24, 2.45) is 11.8 Å². The quantitative estimate of drug-likeness (QED) is 0.168. The molecule has 3 aromatic rings. The van der Waals surface area contributed by atoms with Crippen molar-refractivity contribution in [1.29, 1.82) is 0 Å². The Hall–Kier alpha value is -3.68. The van der Waals surface area contributed by atoms with Gasteiger partial charge in [-0.05, 0) is 59.9 Å². The Bertz CT molecular complexity index is 1470. The molecule has 3 aromatic carbocycles. The molecule has 1 saturated heterocycles. The van der Waals surface area contributed by atoms with Gasteiger partial charge in [0.05, 0.1) is 24.0 Å². The molecule has 0 aromatic heterocycles. The number of carbonyl (C=O) groups excluding carboxylic acids is 4. The lowest BCUT2D eigenvalue weighted by atomic mass is 9.54. The van der Waals surface area contributed by atoms with Gasteiger partial charge in [0.15, 0.2) is 0 Å². The first-order valence-electron chi connectivity index (χ1n) is 13.7. The fraction of sp³-hybridized carbons (Fsp3) is 0.312. The van der Waals surface area contributed by atoms with Crippen LogP contribution in [0.3, 0.4) is 0 Å². The number of nitrogens with one attached hydrogen (secondary N) is 1. The molecule has 1 aliphatic heterocycles. The fourth-order valence-electron chi connectivity index (χ4n) is 6.52. The molecule has 7 rings (SSSR count). The van der Waals surface area contributed by atoms with Crippen LogP contribution in [-0.4, -0.2) is 41.2 Å². The summed E-state index contributed by atoms with van der Waals surface area (Å²) in [7, 11) is 0. The number of ether oxygens (including phenoxy) is 1. The van der Waals surface area contributed by atoms with Gasteiger partial charge in [-0.2, -0.15) is 0 Å². The monoisotopic (exact) mass is 590 g/mol. The summed E-state index contributed by atoms with van der Waals surface area (Å²) in [5.74, 6) is -4.02. The highest BCUT2D eigenvalue weighted by Gasteiger charge is 2.73. The van der Waals surface area contributed by atoms with Gasteiger partial charge in [-0.3, -0.25) is 19.3 Å². The van der Waals surface area contributed by atoms with E-state index in [1.54, 1.807) is 24.3 Å². The third-order valence-electron chi connectivity index (χ3n) is 8.51. The molecule has 0 saturated carbocycles. The summed E-state index contributed by atoms with van der Waals surface area (Å²) in [5, 5.41) is 2.75. The minimum atomic E-state index is -1.31. The minimum absolute atomic E-state index is 0.342. The Morgan fingerprint density at radius 2 is 1.32 bits per heavy atom. The van der Waals surface area contributed by atoms with Crippen LogP contribution in [0.1, 0.15) is 59.3 Å². The number of alkyl halides is 2. The largest absolute Gasteiger partial charge is 0.462 e. The van der Waals surface area contributed by atoms with Crippen molar-refractivity contribution in [2.45, 2.75) is 42.5 Å². The van der Waals surface area contributed by atoms with E-state index in [1.807, 2.05) is 55.5 Å². The van der Waals surface area contributed by atoms with Crippen LogP contribution in [0.2, 0.25) is 0 Å². The number of hydrogen-bond donors (Lipinski definition) is 1. The zero-order chi connectivity index (χ0) is 29.1. The van der Waals surface area contributed by atoms with Gasteiger partial charge in [-0.15, -0.1) is 23.2 Å². The van der Waals surface area contributed by atoms with Crippen LogP contribution in [0.25, 0.3) is 0 Å². The van der Waals surface area contributed by atoms with Crippen molar-refractivity contribution in [1.82, 2.24) is 4.90 Å². The van der Waals surface area contributed by atoms with E-state index in [4.69, 9.17) is 27.9 Å². The van der Waals surface area contributed by atoms with E-state index in [9.17, 15) is 19.2 Å². The molecule has 0 spiro atoms. The number of carbonyl (C=O) groups is 4. The maximum absolute atomic E-state index is 14.1. The van der Waals surface area contributed by atoms with Gasteiger partial charge < -0.3 is 10.1 Å². The van der Waals surface area contributed by atoms with Crippen molar-refractivity contribution in [3.8, 4) is 0 Å². The maximum Gasteiger partial charge on any atom is 0.338 e. The standard InChI is InChI=1S/C32H28Cl2N2O5/c1-3-4-17-41-30(40)19-13-15-20(16-14-19)35-27(37)18(2)36-28(38)25-26(29(36)39)32(34)22-10-6-5-9-21(22)31(25,33)23-11-7-8-12-24(23)32/h5-16,18,25-26H,3-4,17H2,1-2H3,(H,35,37)/t18-,25-,26-,31?,32?/m0/s1. The summed E-state index contributed by atoms with van der Waals surface area (Å²) in [6, 6.07) is 19.9. The number of halogens is 2. The van der Waals surface area contributed by atoms with Crippen LogP contribution in [0.15, 0.2) is 72.8 Å². The SMILES string of the molecule is CCCCOC(=O)c1ccc(NC(=O)[C@H](C)N2C(=O)[C@@H]3[C@@H](C2=O)C2(Cl)c4ccccc4C3(Cl)c3ccccc32)cc1. The summed E-state index contributed by atoms with van der Waals surface area (Å²) in [5.41, 5.74) is 3.56. The maximum atomic E-state index is 14.1. The molecule has 3 aliphatic carbocycles. The smallest absolute Gasteiger partial charge is 0.338 e. The van der Waals surface area contributed by atoms with Gasteiger partial charge in [0.2, 0.25) is 17.7 Å². The van der Waals surface area contributed by atoms with Crippen molar-refractivity contribution in [2.75, 3.05) is 11.9 Å². The number of imide groups is 1. The zero-order valence-corrected chi connectivity index (χ0v) is 24.0. The first-order valence-corrected chi connectivity index (χ1v) is 14.4. The third-order valence-corrected chi connectivity index (χ3v) is 9.79. The number of hydrogen-bond acceptors (Lipinski definition) is 5. The predicted molar refractivity (Wildman–Crippen MR) is 155 cm³/mol. The van der Waals surface area contributed by atoms with E-state index in [-0.39, 0.29) is 0 Å². The summed E-state index contributed by atoms with van der Waals surface area (Å²) < 4.78 is 5.22. The minimum Gasteiger partial charge on any atom is -0.462 e. The topological polar surface area (TPSA) is 92.8 Å². The zero-order valence-electron chi connectivity index (χ0n) is 22.5. The molecule has 7 nitrogen and oxygen atoms in total. The molecule has 4 aliphatic rings. The van der Waals surface area contributed by atoms with Crippen LogP contribution in [0.4, 0.5) is 5.69 Å². The molecule has 0 radical (unpaired) electrons. The number of benzene rings is 3. The van der Waals surface area contributed by atoms with E-state index in [0.29, 0.717) is 40.1 Å². The molecule has 1 heterocycles.